The van der Waals surface area contributed by atoms with E-state index in [9.17, 15) is 0 Å². The maximum Gasteiger partial charge on any atom is 0 e. The summed E-state index contributed by atoms with van der Waals surface area (Å²) in [4.78, 5) is 0. The van der Waals surface area contributed by atoms with Crippen LogP contribution in [0.4, 0.5) is 0 Å². The van der Waals surface area contributed by atoms with E-state index in [1.165, 1.54) is 12.2 Å². The largest absolute Gasteiger partial charge is 0.346 e. The van der Waals surface area contributed by atoms with Gasteiger partial charge in [0.1, 0.15) is 0 Å². The SMILES string of the molecule is CC/C=C/[CH]=[V].[CH-]=C[CH]=[V].[CH-]=C[CH]=[V].[CH2-]C.[V].[V].[V]. The monoisotopic (exact) mass is 481 g/mol. The molecule has 19 heavy (non-hydrogen) atoms. The van der Waals surface area contributed by atoms with Gasteiger partial charge in [-0.3, -0.25) is 0 Å². The third-order valence-electron chi connectivity index (χ3n) is 0.630. The maximum atomic E-state index is 4.83. The molecule has 0 N–H and O–H groups in total. The Morgan fingerprint density at radius 3 is 1.16 bits per heavy atom. The van der Waals surface area contributed by atoms with Crippen LogP contribution in [-0.4, -0.2) is 14.2 Å². The Bertz CT molecular complexity index is 164. The van der Waals surface area contributed by atoms with E-state index in [-0.39, 0.29) is 55.7 Å². The van der Waals surface area contributed by atoms with Gasteiger partial charge >= 0.3 is 116 Å². The second-order valence-corrected chi connectivity index (χ2v) is 3.07. The van der Waals surface area contributed by atoms with Gasteiger partial charge in [-0.25, -0.2) is 0 Å². The molecule has 0 saturated heterocycles. The first kappa shape index (κ1) is 42.9. The fourth-order valence-electron chi connectivity index (χ4n) is 0.197. The smallest absolute Gasteiger partial charge is 0 e. The minimum atomic E-state index is 0. The summed E-state index contributed by atoms with van der Waals surface area (Å²) >= 11 is 6.85. The molecule has 0 aliphatic carbocycles. The van der Waals surface area contributed by atoms with Crippen molar-refractivity contribution in [3.8, 4) is 0 Å². The third kappa shape index (κ3) is 127. The third-order valence-corrected chi connectivity index (χ3v) is 1.44. The van der Waals surface area contributed by atoms with Gasteiger partial charge in [-0.2, -0.15) is 6.92 Å². The van der Waals surface area contributed by atoms with Gasteiger partial charge in [-0.05, 0) is 0 Å². The zero-order valence-corrected chi connectivity index (χ0v) is 19.7. The van der Waals surface area contributed by atoms with Crippen LogP contribution in [-0.2, 0) is 107 Å². The first-order valence-electron chi connectivity index (χ1n) is 4.60. The van der Waals surface area contributed by atoms with Crippen molar-refractivity contribution < 1.29 is 107 Å². The van der Waals surface area contributed by atoms with Gasteiger partial charge in [-0.15, -0.1) is 0 Å². The molecule has 3 radical (unpaired) electrons. The number of hydrogen-bond acceptors (Lipinski definition) is 0. The predicted octanol–water partition coefficient (Wildman–Crippen LogP) is 2.78. The average Bonchev–Trinajstić information content (AvgIpc) is 2.39. The fraction of sp³-hybridized carbons (Fsp3) is 0.231. The molecule has 6 heteroatoms. The quantitative estimate of drug-likeness (QED) is 0.543. The molecule has 0 bridgehead atoms. The number of hydrogen-bond donors (Lipinski definition) is 0. The van der Waals surface area contributed by atoms with Crippen LogP contribution in [0.3, 0.4) is 0 Å². The fourth-order valence-corrected chi connectivity index (χ4v) is 0.387. The van der Waals surface area contributed by atoms with Gasteiger partial charge in [0.25, 0.3) is 0 Å². The summed E-state index contributed by atoms with van der Waals surface area (Å²) < 4.78 is 5.40. The molecule has 0 aromatic carbocycles. The first-order chi connectivity index (χ1) is 7.74. The van der Waals surface area contributed by atoms with Crippen LogP contribution >= 0.6 is 0 Å². The molecule has 0 aromatic heterocycles. The Morgan fingerprint density at radius 1 is 0.842 bits per heavy atom. The molecule has 0 saturated carbocycles. The normalized spacial score (nSPS) is 5.26. The van der Waals surface area contributed by atoms with Crippen molar-refractivity contribution in [2.75, 3.05) is 0 Å². The molecule has 0 rings (SSSR count). The second kappa shape index (κ2) is 71.2. The topological polar surface area (TPSA) is 0 Å². The van der Waals surface area contributed by atoms with Gasteiger partial charge in [0, 0.05) is 55.7 Å². The van der Waals surface area contributed by atoms with E-state index in [0.29, 0.717) is 0 Å². The van der Waals surface area contributed by atoms with E-state index in [2.05, 4.69) is 70.9 Å². The van der Waals surface area contributed by atoms with E-state index in [0.717, 1.165) is 6.42 Å². The van der Waals surface area contributed by atoms with Gasteiger partial charge in [0.2, 0.25) is 0 Å². The second-order valence-electron chi connectivity index (χ2n) is 1.67. The Hall–Kier alpha value is 2.34. The molecule has 104 valence electrons. The maximum absolute atomic E-state index is 4.83. The predicted molar refractivity (Wildman–Crippen MR) is 66.4 cm³/mol. The summed E-state index contributed by atoms with van der Waals surface area (Å²) in [5, 5.41) is 0. The van der Waals surface area contributed by atoms with Crippen LogP contribution in [0, 0.1) is 20.1 Å². The van der Waals surface area contributed by atoms with E-state index in [1.807, 2.05) is 10.8 Å². The van der Waals surface area contributed by atoms with E-state index < -0.39 is 0 Å². The molecular formula is C13H19V6-3. The molecule has 0 aliphatic rings. The standard InChI is InChI=1S/C5H8.2C3H3.C2H5.6V/c1-3-5-4-2;2*1-3-2;1-2;;;;;;/h1,3,5H,4H2,2H3;2*1-3H;1H2,2H3;;;;;;/q;3*-1;;;;;;/b5-3+;;;;;;;;;. The van der Waals surface area contributed by atoms with Crippen molar-refractivity contribution in [2.45, 2.75) is 20.3 Å². The zero-order chi connectivity index (χ0) is 13.7. The Labute approximate surface area is 183 Å². The average molecular weight is 481 g/mol. The summed E-state index contributed by atoms with van der Waals surface area (Å²) in [6.45, 7) is 16.8. The summed E-state index contributed by atoms with van der Waals surface area (Å²) in [6.07, 6.45) is 8.21. The van der Waals surface area contributed by atoms with Crippen LogP contribution in [0.5, 0.6) is 0 Å². The summed E-state index contributed by atoms with van der Waals surface area (Å²) in [5.41, 5.74) is 0. The molecule has 0 nitrogen and oxygen atoms in total. The molecule has 0 amide bonds. The van der Waals surface area contributed by atoms with Crippen molar-refractivity contribution >= 4 is 14.2 Å². The number of rotatable bonds is 4. The summed E-state index contributed by atoms with van der Waals surface area (Å²) in [6, 6.07) is 0. The van der Waals surface area contributed by atoms with Crippen molar-refractivity contribution in [1.29, 1.82) is 0 Å². The van der Waals surface area contributed by atoms with Crippen LogP contribution in [0.25, 0.3) is 0 Å². The minimum Gasteiger partial charge on any atom is -0.346 e. The van der Waals surface area contributed by atoms with Crippen LogP contribution < -0.4 is 0 Å². The van der Waals surface area contributed by atoms with Gasteiger partial charge in [-0.1, -0.05) is 0 Å². The van der Waals surface area contributed by atoms with Crippen LogP contribution in [0.15, 0.2) is 24.3 Å². The van der Waals surface area contributed by atoms with Crippen molar-refractivity contribution in [3.63, 3.8) is 0 Å². The van der Waals surface area contributed by atoms with Crippen LogP contribution in [0.1, 0.15) is 20.3 Å². The molecule has 0 spiro atoms. The van der Waals surface area contributed by atoms with Crippen molar-refractivity contribution in [2.24, 2.45) is 0 Å². The van der Waals surface area contributed by atoms with Gasteiger partial charge in [0.05, 0.1) is 0 Å². The summed E-state index contributed by atoms with van der Waals surface area (Å²) in [5.74, 6) is 0. The molecule has 0 atom stereocenters. The van der Waals surface area contributed by atoms with E-state index in [4.69, 9.17) is 13.2 Å². The van der Waals surface area contributed by atoms with E-state index in [1.54, 1.807) is 16.4 Å². The van der Waals surface area contributed by atoms with E-state index >= 15 is 0 Å². The van der Waals surface area contributed by atoms with Crippen LogP contribution in [0.2, 0.25) is 0 Å². The van der Waals surface area contributed by atoms with Crippen molar-refractivity contribution in [3.05, 3.63) is 44.4 Å². The zero-order valence-electron chi connectivity index (χ0n) is 11.3. The summed E-state index contributed by atoms with van der Waals surface area (Å²) in [7, 11) is 0. The Kier molecular flexibility index (Phi) is 161. The molecule has 0 aromatic rings. The van der Waals surface area contributed by atoms with Gasteiger partial charge in [0.15, 0.2) is 0 Å². The van der Waals surface area contributed by atoms with Gasteiger partial charge < -0.3 is 6.92 Å². The molecule has 0 unspecified atom stereocenters. The molecule has 0 aliphatic heterocycles. The minimum absolute atomic E-state index is 0. The van der Waals surface area contributed by atoms with Crippen molar-refractivity contribution in [1.82, 2.24) is 0 Å². The molecule has 0 fully saturated rings. The molecular weight excluding hydrogens is 462 g/mol. The molecule has 0 heterocycles. The number of allylic oxidation sites excluding steroid dienone is 4. The first-order valence-corrected chi connectivity index (χ1v) is 7.02. The Balaban J connectivity index is -0.0000000202. The Morgan fingerprint density at radius 2 is 1.11 bits per heavy atom.